The van der Waals surface area contributed by atoms with Crippen LogP contribution in [0.15, 0.2) is 60.9 Å². The summed E-state index contributed by atoms with van der Waals surface area (Å²) >= 11 is 0. The van der Waals surface area contributed by atoms with Crippen LogP contribution in [-0.4, -0.2) is 23.1 Å². The van der Waals surface area contributed by atoms with E-state index in [9.17, 15) is 4.79 Å². The molecule has 0 amide bonds. The van der Waals surface area contributed by atoms with Crippen molar-refractivity contribution in [2.75, 3.05) is 12.4 Å². The second kappa shape index (κ2) is 6.13. The molecule has 5 heteroatoms. The maximum atomic E-state index is 12.0. The molecule has 110 valence electrons. The van der Waals surface area contributed by atoms with Crippen LogP contribution in [0.1, 0.15) is 10.4 Å². The van der Waals surface area contributed by atoms with Crippen LogP contribution < -0.4 is 10.1 Å². The average molecular weight is 293 g/mol. The molecule has 1 aromatic heterocycles. The Hall–Kier alpha value is -3.08. The van der Waals surface area contributed by atoms with Crippen molar-refractivity contribution in [2.24, 2.45) is 0 Å². The minimum atomic E-state index is -0.0699. The number of benzene rings is 2. The third-order valence-electron chi connectivity index (χ3n) is 3.30. The largest absolute Gasteiger partial charge is 0.497 e. The summed E-state index contributed by atoms with van der Waals surface area (Å²) in [6.45, 7) is 0. The number of carbonyl (C=O) groups is 1. The summed E-state index contributed by atoms with van der Waals surface area (Å²) in [5, 5.41) is 11.0. The molecule has 0 bridgehead atoms. The average Bonchev–Trinajstić information content (AvgIpc) is 3.02. The first-order valence-electron chi connectivity index (χ1n) is 6.81. The van der Waals surface area contributed by atoms with Gasteiger partial charge in [0.1, 0.15) is 5.75 Å². The number of fused-ring (bicyclic) bond motifs is 1. The molecule has 0 fully saturated rings. The van der Waals surface area contributed by atoms with Crippen LogP contribution in [0, 0.1) is 0 Å². The number of hydrogen-bond acceptors (Lipinski definition) is 4. The third-order valence-corrected chi connectivity index (χ3v) is 3.30. The molecule has 0 unspecified atom stereocenters. The molecule has 1 heterocycles. The summed E-state index contributed by atoms with van der Waals surface area (Å²) in [5.41, 5.74) is 2.49. The highest BCUT2D eigenvalue weighted by Gasteiger charge is 2.01. The number of carbonyl (C=O) groups excluding carboxylic acids is 1. The van der Waals surface area contributed by atoms with Crippen molar-refractivity contribution in [3.8, 4) is 5.75 Å². The molecular formula is C17H15N3O2. The molecule has 0 aliphatic rings. The van der Waals surface area contributed by atoms with E-state index in [0.29, 0.717) is 5.56 Å². The highest BCUT2D eigenvalue weighted by molar-refractivity contribution is 6.04. The first kappa shape index (κ1) is 13.9. The zero-order valence-electron chi connectivity index (χ0n) is 12.0. The summed E-state index contributed by atoms with van der Waals surface area (Å²) in [7, 11) is 1.59. The summed E-state index contributed by atoms with van der Waals surface area (Å²) in [6.07, 6.45) is 4.89. The van der Waals surface area contributed by atoms with E-state index in [1.165, 1.54) is 6.08 Å². The zero-order chi connectivity index (χ0) is 15.4. The number of rotatable bonds is 5. The topological polar surface area (TPSA) is 67.0 Å². The first-order valence-corrected chi connectivity index (χ1v) is 6.81. The maximum absolute atomic E-state index is 12.0. The minimum absolute atomic E-state index is 0.0699. The number of anilines is 1. The van der Waals surface area contributed by atoms with Gasteiger partial charge in [0.15, 0.2) is 5.78 Å². The number of H-pyrrole nitrogens is 1. The lowest BCUT2D eigenvalue weighted by molar-refractivity contribution is 0.104. The third kappa shape index (κ3) is 2.98. The maximum Gasteiger partial charge on any atom is 0.187 e. The molecule has 5 nitrogen and oxygen atoms in total. The van der Waals surface area contributed by atoms with Crippen LogP contribution in [0.3, 0.4) is 0 Å². The van der Waals surface area contributed by atoms with Gasteiger partial charge < -0.3 is 10.1 Å². The molecule has 0 saturated heterocycles. The number of ether oxygens (including phenoxy) is 1. The van der Waals surface area contributed by atoms with Gasteiger partial charge in [-0.3, -0.25) is 9.89 Å². The monoisotopic (exact) mass is 293 g/mol. The van der Waals surface area contributed by atoms with Crippen molar-refractivity contribution in [3.63, 3.8) is 0 Å². The number of methoxy groups -OCH3 is 1. The van der Waals surface area contributed by atoms with Crippen molar-refractivity contribution in [1.82, 2.24) is 10.2 Å². The van der Waals surface area contributed by atoms with Gasteiger partial charge in [-0.1, -0.05) is 0 Å². The fourth-order valence-electron chi connectivity index (χ4n) is 2.10. The Labute approximate surface area is 127 Å². The SMILES string of the molecule is COc1ccc(C(=O)C=CNc2ccc3[nH]ncc3c2)cc1. The summed E-state index contributed by atoms with van der Waals surface area (Å²) < 4.78 is 5.07. The lowest BCUT2D eigenvalue weighted by Crippen LogP contribution is -1.96. The number of nitrogens with zero attached hydrogens (tertiary/aromatic N) is 1. The van der Waals surface area contributed by atoms with Gasteiger partial charge in [0.05, 0.1) is 18.8 Å². The number of hydrogen-bond donors (Lipinski definition) is 2. The van der Waals surface area contributed by atoms with Gasteiger partial charge in [0.25, 0.3) is 0 Å². The Morgan fingerprint density at radius 3 is 2.82 bits per heavy atom. The van der Waals surface area contributed by atoms with Gasteiger partial charge in [-0.05, 0) is 42.5 Å². The molecule has 22 heavy (non-hydrogen) atoms. The number of ketones is 1. The standard InChI is InChI=1S/C17H15N3O2/c1-22-15-5-2-12(3-6-15)17(21)8-9-18-14-4-7-16-13(10-14)11-19-20-16/h2-11,18H,1H3,(H,19,20). The van der Waals surface area contributed by atoms with E-state index in [0.717, 1.165) is 22.3 Å². The second-order valence-corrected chi connectivity index (χ2v) is 4.74. The molecule has 3 aromatic rings. The molecule has 0 saturated carbocycles. The van der Waals surface area contributed by atoms with Crippen molar-refractivity contribution in [1.29, 1.82) is 0 Å². The van der Waals surface area contributed by atoms with Gasteiger partial charge in [-0.2, -0.15) is 5.10 Å². The van der Waals surface area contributed by atoms with Gasteiger partial charge >= 0.3 is 0 Å². The molecule has 0 atom stereocenters. The number of aromatic amines is 1. The molecular weight excluding hydrogens is 278 g/mol. The van der Waals surface area contributed by atoms with Crippen molar-refractivity contribution in [2.45, 2.75) is 0 Å². The minimum Gasteiger partial charge on any atom is -0.497 e. The van der Waals surface area contributed by atoms with E-state index in [1.807, 2.05) is 18.2 Å². The number of allylic oxidation sites excluding steroid dienone is 1. The molecule has 0 radical (unpaired) electrons. The Bertz CT molecular complexity index is 819. The molecule has 0 aliphatic heterocycles. The first-order chi connectivity index (χ1) is 10.8. The van der Waals surface area contributed by atoms with Crippen LogP contribution in [0.4, 0.5) is 5.69 Å². The highest BCUT2D eigenvalue weighted by Crippen LogP contribution is 2.17. The van der Waals surface area contributed by atoms with Crippen LogP contribution in [-0.2, 0) is 0 Å². The van der Waals surface area contributed by atoms with Crippen LogP contribution in [0.2, 0.25) is 0 Å². The summed E-state index contributed by atoms with van der Waals surface area (Å²) in [6, 6.07) is 12.8. The fraction of sp³-hybridized carbons (Fsp3) is 0.0588. The Balaban J connectivity index is 1.66. The van der Waals surface area contributed by atoms with Crippen LogP contribution in [0.25, 0.3) is 10.9 Å². The van der Waals surface area contributed by atoms with E-state index < -0.39 is 0 Å². The van der Waals surface area contributed by atoms with Gasteiger partial charge in [-0.15, -0.1) is 0 Å². The van der Waals surface area contributed by atoms with Gasteiger partial charge in [-0.25, -0.2) is 0 Å². The van der Waals surface area contributed by atoms with Crippen molar-refractivity contribution >= 4 is 22.4 Å². The molecule has 0 aliphatic carbocycles. The van der Waals surface area contributed by atoms with E-state index in [-0.39, 0.29) is 5.78 Å². The van der Waals surface area contributed by atoms with Crippen LogP contribution >= 0.6 is 0 Å². The quantitative estimate of drug-likeness (QED) is 0.559. The van der Waals surface area contributed by atoms with E-state index >= 15 is 0 Å². The van der Waals surface area contributed by atoms with E-state index in [1.54, 1.807) is 43.8 Å². The second-order valence-electron chi connectivity index (χ2n) is 4.74. The van der Waals surface area contributed by atoms with Crippen LogP contribution in [0.5, 0.6) is 5.75 Å². The molecule has 2 N–H and O–H groups in total. The fourth-order valence-corrected chi connectivity index (χ4v) is 2.10. The van der Waals surface area contributed by atoms with Crippen molar-refractivity contribution < 1.29 is 9.53 Å². The lowest BCUT2D eigenvalue weighted by Gasteiger charge is -2.01. The van der Waals surface area contributed by atoms with Gasteiger partial charge in [0, 0.05) is 28.9 Å². The normalized spacial score (nSPS) is 11.0. The summed E-state index contributed by atoms with van der Waals surface area (Å²) in [4.78, 5) is 12.0. The zero-order valence-corrected chi connectivity index (χ0v) is 12.0. The van der Waals surface area contributed by atoms with E-state index in [2.05, 4.69) is 15.5 Å². The van der Waals surface area contributed by atoms with Crippen molar-refractivity contribution in [3.05, 3.63) is 66.5 Å². The Kier molecular flexibility index (Phi) is 3.87. The number of aromatic nitrogens is 2. The molecule has 3 rings (SSSR count). The van der Waals surface area contributed by atoms with Gasteiger partial charge in [0.2, 0.25) is 0 Å². The number of nitrogens with one attached hydrogen (secondary N) is 2. The predicted octanol–water partition coefficient (Wildman–Crippen LogP) is 3.38. The molecule has 2 aromatic carbocycles. The Morgan fingerprint density at radius 2 is 2.05 bits per heavy atom. The van der Waals surface area contributed by atoms with E-state index in [4.69, 9.17) is 4.74 Å². The highest BCUT2D eigenvalue weighted by atomic mass is 16.5. The summed E-state index contributed by atoms with van der Waals surface area (Å²) in [5.74, 6) is 0.659. The predicted molar refractivity (Wildman–Crippen MR) is 86.2 cm³/mol. The smallest absolute Gasteiger partial charge is 0.187 e. The lowest BCUT2D eigenvalue weighted by atomic mass is 10.1. The molecule has 0 spiro atoms. The Morgan fingerprint density at radius 1 is 1.23 bits per heavy atom.